The highest BCUT2D eigenvalue weighted by Crippen LogP contribution is 2.42. The van der Waals surface area contributed by atoms with Crippen molar-refractivity contribution in [3.05, 3.63) is 48.5 Å². The van der Waals surface area contributed by atoms with Gasteiger partial charge in [-0.3, -0.25) is 0 Å². The molecule has 0 saturated heterocycles. The lowest BCUT2D eigenvalue weighted by atomic mass is 10.1. The van der Waals surface area contributed by atoms with E-state index in [4.69, 9.17) is 9.47 Å². The average Bonchev–Trinajstić information content (AvgIpc) is 3.06. The van der Waals surface area contributed by atoms with Crippen molar-refractivity contribution in [1.29, 1.82) is 0 Å². The van der Waals surface area contributed by atoms with Gasteiger partial charge in [0.05, 0.1) is 7.11 Å². The van der Waals surface area contributed by atoms with E-state index in [0.717, 1.165) is 10.4 Å². The molecule has 25 heavy (non-hydrogen) atoms. The summed E-state index contributed by atoms with van der Waals surface area (Å²) in [4.78, 5) is 15.1. The quantitative estimate of drug-likeness (QED) is 0.613. The molecule has 1 heterocycles. The number of ether oxygens (including phenoxy) is 2. The molecule has 2 aromatic carbocycles. The second kappa shape index (κ2) is 7.57. The largest absolute Gasteiger partial charge is 0.493 e. The smallest absolute Gasteiger partial charge is 0.415 e. The van der Waals surface area contributed by atoms with Gasteiger partial charge in [0.15, 0.2) is 11.5 Å². The summed E-state index contributed by atoms with van der Waals surface area (Å²) in [5.74, 6) is 1.02. The summed E-state index contributed by atoms with van der Waals surface area (Å²) in [6, 6.07) is 16.0. The zero-order valence-electron chi connectivity index (χ0n) is 14.6. The molecule has 0 bridgehead atoms. The van der Waals surface area contributed by atoms with Gasteiger partial charge in [0.2, 0.25) is 0 Å². The van der Waals surface area contributed by atoms with Gasteiger partial charge in [-0.25, -0.2) is 4.79 Å². The third-order valence-electron chi connectivity index (χ3n) is 4.10. The van der Waals surface area contributed by atoms with E-state index in [0.29, 0.717) is 24.6 Å². The molecule has 4 nitrogen and oxygen atoms in total. The van der Waals surface area contributed by atoms with Crippen molar-refractivity contribution in [1.82, 2.24) is 4.90 Å². The Morgan fingerprint density at radius 3 is 2.52 bits per heavy atom. The number of hydrogen-bond acceptors (Lipinski definition) is 4. The number of para-hydroxylation sites is 1. The van der Waals surface area contributed by atoms with Crippen molar-refractivity contribution in [2.45, 2.75) is 13.8 Å². The molecule has 0 N–H and O–H groups in total. The van der Waals surface area contributed by atoms with Gasteiger partial charge in [-0.1, -0.05) is 24.3 Å². The molecule has 0 saturated carbocycles. The fourth-order valence-electron chi connectivity index (χ4n) is 2.72. The minimum Gasteiger partial charge on any atom is -0.493 e. The number of methoxy groups -OCH3 is 1. The molecule has 0 aliphatic heterocycles. The first-order valence-electron chi connectivity index (χ1n) is 8.30. The number of carbonyl (C=O) groups is 1. The predicted octanol–water partition coefficient (Wildman–Crippen LogP) is 5.42. The Bertz CT molecular complexity index is 851. The highest BCUT2D eigenvalue weighted by atomic mass is 32.1. The molecular weight excluding hydrogens is 334 g/mol. The zero-order chi connectivity index (χ0) is 17.8. The number of rotatable bonds is 5. The van der Waals surface area contributed by atoms with E-state index in [-0.39, 0.29) is 6.09 Å². The minimum atomic E-state index is -0.364. The molecule has 0 radical (unpaired) electrons. The highest BCUT2D eigenvalue weighted by molar-refractivity contribution is 7.22. The van der Waals surface area contributed by atoms with Gasteiger partial charge in [0.25, 0.3) is 0 Å². The van der Waals surface area contributed by atoms with Gasteiger partial charge < -0.3 is 14.4 Å². The van der Waals surface area contributed by atoms with Crippen molar-refractivity contribution in [2.75, 3.05) is 20.2 Å². The SMILES string of the molecule is CCN(CC)C(=O)Oc1c(OC)cccc1-c1cc2ccccc2s1. The van der Waals surface area contributed by atoms with Crippen LogP contribution in [0.4, 0.5) is 4.79 Å². The average molecular weight is 355 g/mol. The van der Waals surface area contributed by atoms with Crippen LogP contribution in [0.3, 0.4) is 0 Å². The molecule has 0 aliphatic carbocycles. The molecule has 0 aliphatic rings. The zero-order valence-corrected chi connectivity index (χ0v) is 15.4. The van der Waals surface area contributed by atoms with Gasteiger partial charge in [-0.2, -0.15) is 0 Å². The molecule has 0 fully saturated rings. The van der Waals surface area contributed by atoms with E-state index in [1.807, 2.05) is 44.2 Å². The van der Waals surface area contributed by atoms with Crippen molar-refractivity contribution >= 4 is 27.5 Å². The van der Waals surface area contributed by atoms with Crippen LogP contribution in [0, 0.1) is 0 Å². The van der Waals surface area contributed by atoms with E-state index in [1.165, 1.54) is 10.1 Å². The molecule has 0 spiro atoms. The topological polar surface area (TPSA) is 38.8 Å². The standard InChI is InChI=1S/C20H21NO3S/c1-4-21(5-2)20(22)24-19-15(10-8-11-16(19)23-3)18-13-14-9-6-7-12-17(14)25-18/h6-13H,4-5H2,1-3H3. The molecule has 1 amide bonds. The molecule has 5 heteroatoms. The summed E-state index contributed by atoms with van der Waals surface area (Å²) in [6.07, 6.45) is -0.364. The lowest BCUT2D eigenvalue weighted by Gasteiger charge is -2.20. The lowest BCUT2D eigenvalue weighted by molar-refractivity contribution is 0.156. The van der Waals surface area contributed by atoms with Gasteiger partial charge in [-0.05, 0) is 43.5 Å². The van der Waals surface area contributed by atoms with Crippen LogP contribution in [0.15, 0.2) is 48.5 Å². The fraction of sp³-hybridized carbons (Fsp3) is 0.250. The molecule has 0 atom stereocenters. The second-order valence-electron chi connectivity index (χ2n) is 5.53. The van der Waals surface area contributed by atoms with Gasteiger partial charge >= 0.3 is 6.09 Å². The first-order valence-corrected chi connectivity index (χ1v) is 9.12. The van der Waals surface area contributed by atoms with Gasteiger partial charge in [0.1, 0.15) is 0 Å². The monoisotopic (exact) mass is 355 g/mol. The number of fused-ring (bicyclic) bond motifs is 1. The molecule has 130 valence electrons. The Balaban J connectivity index is 2.06. The van der Waals surface area contributed by atoms with Crippen molar-refractivity contribution < 1.29 is 14.3 Å². The van der Waals surface area contributed by atoms with Crippen LogP contribution in [0.5, 0.6) is 11.5 Å². The lowest BCUT2D eigenvalue weighted by Crippen LogP contribution is -2.33. The van der Waals surface area contributed by atoms with E-state index < -0.39 is 0 Å². The maximum absolute atomic E-state index is 12.5. The van der Waals surface area contributed by atoms with Crippen LogP contribution in [0.2, 0.25) is 0 Å². The van der Waals surface area contributed by atoms with E-state index >= 15 is 0 Å². The third-order valence-corrected chi connectivity index (χ3v) is 5.25. The first kappa shape index (κ1) is 17.3. The number of carbonyl (C=O) groups excluding carboxylic acids is 1. The normalized spacial score (nSPS) is 10.7. The summed E-state index contributed by atoms with van der Waals surface area (Å²) in [5, 5.41) is 1.17. The van der Waals surface area contributed by atoms with Crippen LogP contribution in [-0.4, -0.2) is 31.2 Å². The van der Waals surface area contributed by atoms with Crippen LogP contribution in [0.25, 0.3) is 20.5 Å². The molecule has 3 rings (SSSR count). The molecule has 1 aromatic heterocycles. The number of amides is 1. The van der Waals surface area contributed by atoms with E-state index in [2.05, 4.69) is 18.2 Å². The van der Waals surface area contributed by atoms with Crippen molar-refractivity contribution in [2.24, 2.45) is 0 Å². The van der Waals surface area contributed by atoms with E-state index in [9.17, 15) is 4.79 Å². The molecule has 3 aromatic rings. The Labute approximate surface area is 151 Å². The third kappa shape index (κ3) is 3.46. The Morgan fingerprint density at radius 2 is 1.84 bits per heavy atom. The summed E-state index contributed by atoms with van der Waals surface area (Å²) < 4.78 is 12.4. The fourth-order valence-corrected chi connectivity index (χ4v) is 3.81. The maximum atomic E-state index is 12.5. The number of benzene rings is 2. The minimum absolute atomic E-state index is 0.364. The summed E-state index contributed by atoms with van der Waals surface area (Å²) >= 11 is 1.67. The first-order chi connectivity index (χ1) is 12.2. The summed E-state index contributed by atoms with van der Waals surface area (Å²) in [5.41, 5.74) is 0.862. The Morgan fingerprint density at radius 1 is 1.08 bits per heavy atom. The highest BCUT2D eigenvalue weighted by Gasteiger charge is 2.20. The van der Waals surface area contributed by atoms with Gasteiger partial charge in [-0.15, -0.1) is 11.3 Å². The molecule has 0 unspecified atom stereocenters. The Kier molecular flexibility index (Phi) is 5.24. The van der Waals surface area contributed by atoms with Crippen LogP contribution in [0.1, 0.15) is 13.8 Å². The van der Waals surface area contributed by atoms with Crippen molar-refractivity contribution in [3.63, 3.8) is 0 Å². The molecular formula is C20H21NO3S. The number of hydrogen-bond donors (Lipinski definition) is 0. The van der Waals surface area contributed by atoms with Crippen LogP contribution < -0.4 is 9.47 Å². The number of thiophene rings is 1. The predicted molar refractivity (Wildman–Crippen MR) is 103 cm³/mol. The van der Waals surface area contributed by atoms with Crippen molar-refractivity contribution in [3.8, 4) is 21.9 Å². The van der Waals surface area contributed by atoms with Crippen LogP contribution >= 0.6 is 11.3 Å². The summed E-state index contributed by atoms with van der Waals surface area (Å²) in [7, 11) is 1.58. The van der Waals surface area contributed by atoms with Gasteiger partial charge in [0, 0.05) is 28.2 Å². The van der Waals surface area contributed by atoms with E-state index in [1.54, 1.807) is 23.3 Å². The number of nitrogens with zero attached hydrogens (tertiary/aromatic N) is 1. The van der Waals surface area contributed by atoms with Crippen LogP contribution in [-0.2, 0) is 0 Å². The maximum Gasteiger partial charge on any atom is 0.415 e. The summed E-state index contributed by atoms with van der Waals surface area (Å²) in [6.45, 7) is 5.06. The Hall–Kier alpha value is -2.53. The second-order valence-corrected chi connectivity index (χ2v) is 6.61.